The topological polar surface area (TPSA) is 81.2 Å². The second kappa shape index (κ2) is 4.17. The molecule has 3 N–H and O–H groups in total. The summed E-state index contributed by atoms with van der Waals surface area (Å²) in [5, 5.41) is 9.90. The first-order chi connectivity index (χ1) is 9.04. The van der Waals surface area contributed by atoms with Gasteiger partial charge in [-0.3, -0.25) is 9.78 Å². The van der Waals surface area contributed by atoms with Crippen LogP contribution in [0.1, 0.15) is 16.7 Å². The zero-order valence-corrected chi connectivity index (χ0v) is 11.0. The SMILES string of the molecule is Cc1ccc(O)c(C2=Nc3[nH]c(=S)[nH]c(=O)c3C2)c1. The van der Waals surface area contributed by atoms with E-state index in [1.165, 1.54) is 0 Å². The lowest BCUT2D eigenvalue weighted by Gasteiger charge is -2.04. The number of nitrogens with one attached hydrogen (secondary N) is 2. The van der Waals surface area contributed by atoms with Gasteiger partial charge in [0.05, 0.1) is 11.3 Å². The van der Waals surface area contributed by atoms with Gasteiger partial charge in [-0.1, -0.05) is 11.6 Å². The summed E-state index contributed by atoms with van der Waals surface area (Å²) in [5.41, 5.74) is 2.65. The lowest BCUT2D eigenvalue weighted by atomic mass is 10.0. The fourth-order valence-corrected chi connectivity index (χ4v) is 2.33. The summed E-state index contributed by atoms with van der Waals surface area (Å²) in [7, 11) is 0. The minimum absolute atomic E-state index is 0.159. The summed E-state index contributed by atoms with van der Waals surface area (Å²) in [4.78, 5) is 21.5. The van der Waals surface area contributed by atoms with Crippen LogP contribution in [0.2, 0.25) is 0 Å². The number of aromatic amines is 2. The highest BCUT2D eigenvalue weighted by Crippen LogP contribution is 2.28. The summed E-state index contributed by atoms with van der Waals surface area (Å²) in [5.74, 6) is 0.636. The molecule has 1 aliphatic rings. The summed E-state index contributed by atoms with van der Waals surface area (Å²) in [6.07, 6.45) is 0.383. The van der Waals surface area contributed by atoms with E-state index in [1.807, 2.05) is 19.1 Å². The number of aryl methyl sites for hydroxylation is 1. The highest BCUT2D eigenvalue weighted by molar-refractivity contribution is 7.71. The molecule has 5 nitrogen and oxygen atoms in total. The molecule has 0 bridgehead atoms. The van der Waals surface area contributed by atoms with Crippen LogP contribution in [0.4, 0.5) is 5.82 Å². The van der Waals surface area contributed by atoms with Crippen molar-refractivity contribution in [2.45, 2.75) is 13.3 Å². The van der Waals surface area contributed by atoms with Gasteiger partial charge in [0.25, 0.3) is 5.56 Å². The van der Waals surface area contributed by atoms with Crippen LogP contribution in [0.15, 0.2) is 28.0 Å². The summed E-state index contributed by atoms with van der Waals surface area (Å²) in [6.45, 7) is 1.94. The first kappa shape index (κ1) is 11.9. The largest absolute Gasteiger partial charge is 0.507 e. The number of hydrogen-bond donors (Lipinski definition) is 3. The van der Waals surface area contributed by atoms with Crippen molar-refractivity contribution in [3.63, 3.8) is 0 Å². The Morgan fingerprint density at radius 2 is 2.16 bits per heavy atom. The third-order valence-electron chi connectivity index (χ3n) is 3.07. The number of phenolic OH excluding ortho intramolecular Hbond substituents is 1. The van der Waals surface area contributed by atoms with E-state index in [2.05, 4.69) is 15.0 Å². The molecule has 96 valence electrons. The van der Waals surface area contributed by atoms with Crippen molar-refractivity contribution in [2.24, 2.45) is 4.99 Å². The number of fused-ring (bicyclic) bond motifs is 1. The Labute approximate surface area is 113 Å². The predicted molar refractivity (Wildman–Crippen MR) is 75.0 cm³/mol. The monoisotopic (exact) mass is 273 g/mol. The van der Waals surface area contributed by atoms with Crippen LogP contribution in [0.5, 0.6) is 5.75 Å². The lowest BCUT2D eigenvalue weighted by molar-refractivity contribution is 0.474. The molecular weight excluding hydrogens is 262 g/mol. The maximum atomic E-state index is 11.8. The number of aliphatic imine (C=N–C) groups is 1. The normalized spacial score (nSPS) is 13.2. The molecule has 0 amide bonds. The number of hydrogen-bond acceptors (Lipinski definition) is 4. The summed E-state index contributed by atoms with van der Waals surface area (Å²) >= 11 is 4.91. The number of rotatable bonds is 1. The van der Waals surface area contributed by atoms with Gasteiger partial charge in [-0.25, -0.2) is 4.99 Å². The Balaban J connectivity index is 2.14. The van der Waals surface area contributed by atoms with Crippen LogP contribution in [-0.4, -0.2) is 20.8 Å². The van der Waals surface area contributed by atoms with Crippen LogP contribution in [0, 0.1) is 11.7 Å². The van der Waals surface area contributed by atoms with E-state index in [0.717, 1.165) is 5.56 Å². The molecule has 1 aromatic carbocycles. The van der Waals surface area contributed by atoms with Crippen molar-refractivity contribution < 1.29 is 5.11 Å². The van der Waals surface area contributed by atoms with E-state index in [0.29, 0.717) is 29.1 Å². The van der Waals surface area contributed by atoms with Gasteiger partial charge in [0, 0.05) is 12.0 Å². The average molecular weight is 273 g/mol. The van der Waals surface area contributed by atoms with Crippen LogP contribution in [0.3, 0.4) is 0 Å². The molecule has 0 atom stereocenters. The number of aromatic nitrogens is 2. The van der Waals surface area contributed by atoms with E-state index in [4.69, 9.17) is 12.2 Å². The van der Waals surface area contributed by atoms with Gasteiger partial charge in [-0.05, 0) is 31.3 Å². The molecule has 0 saturated carbocycles. The molecule has 0 fully saturated rings. The zero-order valence-electron chi connectivity index (χ0n) is 10.2. The van der Waals surface area contributed by atoms with Gasteiger partial charge >= 0.3 is 0 Å². The molecule has 6 heteroatoms. The molecule has 19 heavy (non-hydrogen) atoms. The second-order valence-corrected chi connectivity index (χ2v) is 4.90. The standard InChI is InChI=1S/C13H11N3O2S/c1-6-2-3-10(17)7(4-6)9-5-8-11(14-9)15-13(19)16-12(8)18/h2-4,17H,5H2,1H3,(H2,15,16,18,19). The molecule has 0 aliphatic carbocycles. The number of H-pyrrole nitrogens is 2. The number of phenols is 1. The average Bonchev–Trinajstić information content (AvgIpc) is 2.76. The first-order valence-electron chi connectivity index (χ1n) is 5.77. The van der Waals surface area contributed by atoms with Crippen molar-refractivity contribution in [2.75, 3.05) is 0 Å². The minimum Gasteiger partial charge on any atom is -0.507 e. The van der Waals surface area contributed by atoms with E-state index < -0.39 is 0 Å². The third kappa shape index (κ3) is 2.00. The molecule has 1 aromatic heterocycles. The summed E-state index contributed by atoms with van der Waals surface area (Å²) in [6, 6.07) is 5.30. The summed E-state index contributed by atoms with van der Waals surface area (Å²) < 4.78 is 0.252. The maximum absolute atomic E-state index is 11.8. The van der Waals surface area contributed by atoms with Crippen LogP contribution < -0.4 is 5.56 Å². The molecule has 3 rings (SSSR count). The van der Waals surface area contributed by atoms with Gasteiger partial charge in [-0.15, -0.1) is 0 Å². The molecule has 2 heterocycles. The van der Waals surface area contributed by atoms with Crippen molar-refractivity contribution >= 4 is 23.7 Å². The third-order valence-corrected chi connectivity index (χ3v) is 3.28. The van der Waals surface area contributed by atoms with Gasteiger partial charge in [-0.2, -0.15) is 0 Å². The molecule has 2 aromatic rings. The van der Waals surface area contributed by atoms with Gasteiger partial charge in [0.15, 0.2) is 4.77 Å². The zero-order chi connectivity index (χ0) is 13.6. The van der Waals surface area contributed by atoms with Crippen molar-refractivity contribution in [3.05, 3.63) is 50.0 Å². The number of nitrogens with zero attached hydrogens (tertiary/aromatic N) is 1. The van der Waals surface area contributed by atoms with Gasteiger partial charge < -0.3 is 10.1 Å². The van der Waals surface area contributed by atoms with Gasteiger partial charge in [0.2, 0.25) is 0 Å². The first-order valence-corrected chi connectivity index (χ1v) is 6.18. The van der Waals surface area contributed by atoms with E-state index in [1.54, 1.807) is 6.07 Å². The van der Waals surface area contributed by atoms with Crippen molar-refractivity contribution in [3.8, 4) is 5.75 Å². The van der Waals surface area contributed by atoms with E-state index >= 15 is 0 Å². The fraction of sp³-hybridized carbons (Fsp3) is 0.154. The van der Waals surface area contributed by atoms with E-state index in [-0.39, 0.29) is 16.1 Å². The molecule has 1 aliphatic heterocycles. The number of aromatic hydroxyl groups is 1. The maximum Gasteiger partial charge on any atom is 0.257 e. The van der Waals surface area contributed by atoms with Gasteiger partial charge in [0.1, 0.15) is 11.6 Å². The molecule has 0 radical (unpaired) electrons. The van der Waals surface area contributed by atoms with Crippen LogP contribution in [0.25, 0.3) is 0 Å². The Kier molecular flexibility index (Phi) is 2.60. The van der Waals surface area contributed by atoms with E-state index in [9.17, 15) is 9.90 Å². The molecule has 0 spiro atoms. The Hall–Kier alpha value is -2.21. The van der Waals surface area contributed by atoms with Crippen molar-refractivity contribution in [1.82, 2.24) is 9.97 Å². The Morgan fingerprint density at radius 1 is 1.37 bits per heavy atom. The molecule has 0 unspecified atom stereocenters. The smallest absolute Gasteiger partial charge is 0.257 e. The van der Waals surface area contributed by atoms with Crippen molar-refractivity contribution in [1.29, 1.82) is 0 Å². The molecule has 0 saturated heterocycles. The van der Waals surface area contributed by atoms with Crippen LogP contribution >= 0.6 is 12.2 Å². The Morgan fingerprint density at radius 3 is 2.95 bits per heavy atom. The fourth-order valence-electron chi connectivity index (χ4n) is 2.14. The molecular formula is C13H11N3O2S. The minimum atomic E-state index is -0.232. The quantitative estimate of drug-likeness (QED) is 0.696. The van der Waals surface area contributed by atoms with Crippen LogP contribution in [-0.2, 0) is 6.42 Å². The number of benzene rings is 1. The predicted octanol–water partition coefficient (Wildman–Crippen LogP) is 2.12. The lowest BCUT2D eigenvalue weighted by Crippen LogP contribution is -2.14. The highest BCUT2D eigenvalue weighted by atomic mass is 32.1. The Bertz CT molecular complexity index is 817. The second-order valence-electron chi connectivity index (χ2n) is 4.49. The highest BCUT2D eigenvalue weighted by Gasteiger charge is 2.21.